The molecule has 0 atom stereocenters. The molecule has 0 bridgehead atoms. The van der Waals surface area contributed by atoms with Crippen LogP contribution in [-0.2, 0) is 31.2 Å². The van der Waals surface area contributed by atoms with Crippen molar-refractivity contribution in [2.24, 2.45) is 0 Å². The molecule has 0 radical (unpaired) electrons. The van der Waals surface area contributed by atoms with Crippen molar-refractivity contribution in [3.63, 3.8) is 0 Å². The maximum absolute atomic E-state index is 14.5. The van der Waals surface area contributed by atoms with Gasteiger partial charge in [-0.1, -0.05) is 116 Å². The van der Waals surface area contributed by atoms with Crippen molar-refractivity contribution in [1.29, 1.82) is 0 Å². The minimum Gasteiger partial charge on any atom is -0.287 e. The molecule has 1 spiro atoms. The van der Waals surface area contributed by atoms with E-state index in [4.69, 9.17) is 4.98 Å². The Kier molecular flexibility index (Phi) is 7.01. The third-order valence-electron chi connectivity index (χ3n) is 8.21. The summed E-state index contributed by atoms with van der Waals surface area (Å²) >= 11 is 1.73. The molecule has 37 heavy (non-hydrogen) atoms. The SMILES string of the molecule is O=c1c2c(nc(SCCc3ccccc3)n1CCc1ccccc1)-c1ccccc1CC21CCCCC1. The summed E-state index contributed by atoms with van der Waals surface area (Å²) in [5.41, 5.74) is 7.14. The number of fused-ring (bicyclic) bond motifs is 4. The molecule has 1 aromatic heterocycles. The molecule has 3 nitrogen and oxygen atoms in total. The summed E-state index contributed by atoms with van der Waals surface area (Å²) in [6.07, 6.45) is 8.58. The van der Waals surface area contributed by atoms with Gasteiger partial charge in [0.2, 0.25) is 0 Å². The lowest BCUT2D eigenvalue weighted by Gasteiger charge is -2.42. The summed E-state index contributed by atoms with van der Waals surface area (Å²) in [5.74, 6) is 0.896. The number of nitrogens with zero attached hydrogens (tertiary/aromatic N) is 2. The Morgan fingerprint density at radius 1 is 0.784 bits per heavy atom. The average Bonchev–Trinajstić information content (AvgIpc) is 2.94. The van der Waals surface area contributed by atoms with E-state index in [0.717, 1.165) is 59.8 Å². The second-order valence-corrected chi connectivity index (χ2v) is 11.6. The summed E-state index contributed by atoms with van der Waals surface area (Å²) in [5, 5.41) is 0.860. The fourth-order valence-electron chi connectivity index (χ4n) is 6.32. The van der Waals surface area contributed by atoms with Gasteiger partial charge in [0.1, 0.15) is 0 Å². The van der Waals surface area contributed by atoms with Gasteiger partial charge in [-0.05, 0) is 48.8 Å². The quantitative estimate of drug-likeness (QED) is 0.196. The zero-order valence-corrected chi connectivity index (χ0v) is 22.2. The number of thioether (sulfide) groups is 1. The first kappa shape index (κ1) is 24.2. The van der Waals surface area contributed by atoms with E-state index in [-0.39, 0.29) is 11.0 Å². The van der Waals surface area contributed by atoms with E-state index >= 15 is 0 Å². The predicted molar refractivity (Wildman–Crippen MR) is 153 cm³/mol. The van der Waals surface area contributed by atoms with E-state index in [1.54, 1.807) is 11.8 Å². The summed E-state index contributed by atoms with van der Waals surface area (Å²) in [6.45, 7) is 0.661. The van der Waals surface area contributed by atoms with Crippen LogP contribution in [0.2, 0.25) is 0 Å². The average molecular weight is 507 g/mol. The summed E-state index contributed by atoms with van der Waals surface area (Å²) in [7, 11) is 0. The van der Waals surface area contributed by atoms with Crippen molar-refractivity contribution in [3.8, 4) is 11.3 Å². The van der Waals surface area contributed by atoms with Gasteiger partial charge >= 0.3 is 0 Å². The van der Waals surface area contributed by atoms with Crippen molar-refractivity contribution in [3.05, 3.63) is 118 Å². The molecule has 0 N–H and O–H groups in total. The largest absolute Gasteiger partial charge is 0.287 e. The molecule has 0 saturated heterocycles. The van der Waals surface area contributed by atoms with Crippen molar-refractivity contribution < 1.29 is 0 Å². The second-order valence-electron chi connectivity index (χ2n) is 10.6. The standard InChI is InChI=1S/C33H34N2OS/c36-31-29-30(28-17-9-8-16-27(28)24-33(29)20-10-3-11-21-33)34-32(37-23-19-26-14-6-2-7-15-26)35(31)22-18-25-12-4-1-5-13-25/h1-2,4-9,12-17H,3,10-11,18-24H2. The van der Waals surface area contributed by atoms with E-state index < -0.39 is 0 Å². The summed E-state index contributed by atoms with van der Waals surface area (Å²) < 4.78 is 2.01. The lowest BCUT2D eigenvalue weighted by Crippen LogP contribution is -2.43. The Balaban J connectivity index is 1.43. The van der Waals surface area contributed by atoms with Crippen LogP contribution in [0, 0.1) is 0 Å². The molecule has 3 aromatic carbocycles. The van der Waals surface area contributed by atoms with Gasteiger partial charge in [0.25, 0.3) is 5.56 Å². The summed E-state index contributed by atoms with van der Waals surface area (Å²) in [6, 6.07) is 29.7. The lowest BCUT2D eigenvalue weighted by molar-refractivity contribution is 0.282. The Hall–Kier alpha value is -3.11. The van der Waals surface area contributed by atoms with Gasteiger partial charge in [-0.2, -0.15) is 0 Å². The van der Waals surface area contributed by atoms with Crippen LogP contribution in [-0.4, -0.2) is 15.3 Å². The van der Waals surface area contributed by atoms with Crippen LogP contribution in [0.1, 0.15) is 54.4 Å². The molecule has 188 valence electrons. The summed E-state index contributed by atoms with van der Waals surface area (Å²) in [4.78, 5) is 19.8. The topological polar surface area (TPSA) is 34.9 Å². The van der Waals surface area contributed by atoms with E-state index in [1.807, 2.05) is 10.6 Å². The van der Waals surface area contributed by atoms with Crippen molar-refractivity contribution in [2.45, 2.75) is 68.5 Å². The van der Waals surface area contributed by atoms with E-state index in [0.29, 0.717) is 6.54 Å². The maximum Gasteiger partial charge on any atom is 0.258 e. The zero-order valence-electron chi connectivity index (χ0n) is 21.4. The second kappa shape index (κ2) is 10.7. The van der Waals surface area contributed by atoms with Gasteiger partial charge in [0.05, 0.1) is 11.3 Å². The van der Waals surface area contributed by atoms with Gasteiger partial charge in [-0.25, -0.2) is 4.98 Å². The molecule has 0 amide bonds. The minimum atomic E-state index is -0.0756. The Morgan fingerprint density at radius 2 is 1.43 bits per heavy atom. The number of aryl methyl sites for hydroxylation is 2. The number of hydrogen-bond donors (Lipinski definition) is 0. The van der Waals surface area contributed by atoms with Crippen LogP contribution in [0.3, 0.4) is 0 Å². The fraction of sp³-hybridized carbons (Fsp3) is 0.333. The minimum absolute atomic E-state index is 0.0756. The van der Waals surface area contributed by atoms with Crippen molar-refractivity contribution >= 4 is 11.8 Å². The van der Waals surface area contributed by atoms with Crippen LogP contribution in [0.25, 0.3) is 11.3 Å². The highest BCUT2D eigenvalue weighted by molar-refractivity contribution is 7.99. The van der Waals surface area contributed by atoms with Crippen LogP contribution >= 0.6 is 11.8 Å². The predicted octanol–water partition coefficient (Wildman–Crippen LogP) is 7.25. The molecule has 0 aliphatic heterocycles. The van der Waals surface area contributed by atoms with Gasteiger partial charge in [0, 0.05) is 23.3 Å². The molecule has 1 saturated carbocycles. The Labute approximate surface area is 224 Å². The van der Waals surface area contributed by atoms with E-state index in [9.17, 15) is 4.79 Å². The van der Waals surface area contributed by atoms with Gasteiger partial charge in [0.15, 0.2) is 5.16 Å². The van der Waals surface area contributed by atoms with Gasteiger partial charge in [-0.3, -0.25) is 9.36 Å². The normalized spacial score (nSPS) is 15.8. The smallest absolute Gasteiger partial charge is 0.258 e. The van der Waals surface area contributed by atoms with E-state index in [1.165, 1.54) is 36.0 Å². The highest BCUT2D eigenvalue weighted by Crippen LogP contribution is 2.48. The Morgan fingerprint density at radius 3 is 2.16 bits per heavy atom. The van der Waals surface area contributed by atoms with Crippen LogP contribution in [0.5, 0.6) is 0 Å². The third kappa shape index (κ3) is 4.92. The first-order valence-electron chi connectivity index (χ1n) is 13.7. The first-order valence-corrected chi connectivity index (χ1v) is 14.7. The van der Waals surface area contributed by atoms with Crippen LogP contribution in [0.4, 0.5) is 0 Å². The van der Waals surface area contributed by atoms with E-state index in [2.05, 4.69) is 78.9 Å². The van der Waals surface area contributed by atoms with Gasteiger partial charge < -0.3 is 0 Å². The number of benzene rings is 3. The number of aromatic nitrogens is 2. The molecule has 4 aromatic rings. The lowest BCUT2D eigenvalue weighted by atomic mass is 9.62. The number of rotatable bonds is 7. The molecule has 4 heteroatoms. The first-order chi connectivity index (χ1) is 18.2. The van der Waals surface area contributed by atoms with Crippen molar-refractivity contribution in [1.82, 2.24) is 9.55 Å². The molecular formula is C33H34N2OS. The zero-order chi connectivity index (χ0) is 25.1. The number of hydrogen-bond acceptors (Lipinski definition) is 3. The van der Waals surface area contributed by atoms with Crippen LogP contribution in [0.15, 0.2) is 94.9 Å². The maximum atomic E-state index is 14.5. The molecule has 2 aliphatic rings. The third-order valence-corrected chi connectivity index (χ3v) is 9.19. The molecule has 1 heterocycles. The highest BCUT2D eigenvalue weighted by atomic mass is 32.2. The molecular weight excluding hydrogens is 472 g/mol. The molecule has 1 fully saturated rings. The molecule has 2 aliphatic carbocycles. The molecule has 6 rings (SSSR count). The highest BCUT2D eigenvalue weighted by Gasteiger charge is 2.43. The fourth-order valence-corrected chi connectivity index (χ4v) is 7.33. The monoisotopic (exact) mass is 506 g/mol. The Bertz CT molecular complexity index is 1420. The van der Waals surface area contributed by atoms with Gasteiger partial charge in [-0.15, -0.1) is 0 Å². The van der Waals surface area contributed by atoms with Crippen molar-refractivity contribution in [2.75, 3.05) is 5.75 Å². The molecule has 0 unspecified atom stereocenters. The van der Waals surface area contributed by atoms with Crippen LogP contribution < -0.4 is 5.56 Å².